The third-order valence-corrected chi connectivity index (χ3v) is 1.54. The second-order valence-electron chi connectivity index (χ2n) is 2.63. The third kappa shape index (κ3) is 14.3. The monoisotopic (exact) mass is 232 g/mol. The van der Waals surface area contributed by atoms with Gasteiger partial charge in [0.25, 0.3) is 0 Å². The first-order valence-corrected chi connectivity index (χ1v) is 4.09. The summed E-state index contributed by atoms with van der Waals surface area (Å²) < 4.78 is 0. The van der Waals surface area contributed by atoms with Crippen molar-refractivity contribution in [3.8, 4) is 0 Å². The van der Waals surface area contributed by atoms with Gasteiger partial charge in [0.05, 0.1) is 0 Å². The number of rotatable bonds is 6. The van der Waals surface area contributed by atoms with Crippen LogP contribution in [0.2, 0.25) is 0 Å². The molecule has 0 aromatic rings. The predicted molar refractivity (Wildman–Crippen MR) is 42.9 cm³/mol. The van der Waals surface area contributed by atoms with Gasteiger partial charge in [0.2, 0.25) is 0 Å². The summed E-state index contributed by atoms with van der Waals surface area (Å²) in [6.45, 7) is 2.14. The Kier molecular flexibility index (Phi) is 15.4. The quantitative estimate of drug-likeness (QED) is 0.368. The summed E-state index contributed by atoms with van der Waals surface area (Å²) in [6, 6.07) is 0. The summed E-state index contributed by atoms with van der Waals surface area (Å²) in [5, 5.41) is 20.0. The molecule has 0 saturated heterocycles. The summed E-state index contributed by atoms with van der Waals surface area (Å²) in [5.74, 6) is 0. The van der Waals surface area contributed by atoms with Crippen molar-refractivity contribution in [3.63, 3.8) is 0 Å². The van der Waals surface area contributed by atoms with Crippen molar-refractivity contribution in [2.45, 2.75) is 51.7 Å². The van der Waals surface area contributed by atoms with Crippen LogP contribution in [0.3, 0.4) is 0 Å². The average Bonchev–Trinajstić information content (AvgIpc) is 1.87. The first-order valence-electron chi connectivity index (χ1n) is 4.09. The van der Waals surface area contributed by atoms with Gasteiger partial charge in [-0.3, -0.25) is 0 Å². The van der Waals surface area contributed by atoms with Crippen molar-refractivity contribution in [2.75, 3.05) is 0 Å². The van der Waals surface area contributed by atoms with Crippen molar-refractivity contribution in [1.29, 1.82) is 0 Å². The van der Waals surface area contributed by atoms with E-state index in [9.17, 15) is 10.2 Å². The van der Waals surface area contributed by atoms with E-state index in [0.29, 0.717) is 6.42 Å². The molecule has 11 heavy (non-hydrogen) atoms. The molecule has 2 nitrogen and oxygen atoms in total. The van der Waals surface area contributed by atoms with Gasteiger partial charge in [0.1, 0.15) is 0 Å². The van der Waals surface area contributed by atoms with Gasteiger partial charge in [0.15, 0.2) is 0 Å². The van der Waals surface area contributed by atoms with E-state index in [2.05, 4.69) is 6.92 Å². The molecule has 0 N–H and O–H groups in total. The minimum absolute atomic E-state index is 0. The summed E-state index contributed by atoms with van der Waals surface area (Å²) in [7, 11) is 0. The zero-order valence-electron chi connectivity index (χ0n) is 7.34. The molecule has 0 aliphatic heterocycles. The summed E-state index contributed by atoms with van der Waals surface area (Å²) >= 11 is 0. The van der Waals surface area contributed by atoms with Crippen LogP contribution in [0.15, 0.2) is 0 Å². The predicted octanol–water partition coefficient (Wildman–Crippen LogP) is 0.0128. The second kappa shape index (κ2) is 11.4. The maximum atomic E-state index is 10.0. The Morgan fingerprint density at radius 2 is 1.55 bits per heavy atom. The maximum absolute atomic E-state index is 10.0. The Morgan fingerprint density at radius 3 is 2.00 bits per heavy atom. The molecule has 0 saturated carbocycles. The number of hydrogen-bond acceptors (Lipinski definition) is 2. The van der Waals surface area contributed by atoms with Gasteiger partial charge in [-0.1, -0.05) is 45.4 Å². The van der Waals surface area contributed by atoms with Crippen LogP contribution in [0.5, 0.6) is 0 Å². The van der Waals surface area contributed by atoms with Crippen LogP contribution in [-0.2, 0) is 0 Å². The Labute approximate surface area is 106 Å². The first-order chi connectivity index (χ1) is 4.77. The van der Waals surface area contributed by atoms with Gasteiger partial charge in [0, 0.05) is 0 Å². The van der Waals surface area contributed by atoms with Crippen LogP contribution in [0, 0.1) is 0 Å². The van der Waals surface area contributed by atoms with E-state index in [4.69, 9.17) is 0 Å². The molecule has 0 aliphatic rings. The van der Waals surface area contributed by atoms with E-state index in [1.807, 2.05) is 0 Å². The average molecular weight is 232 g/mol. The molecule has 0 atom stereocenters. The molecule has 3 heteroatoms. The maximum Gasteiger partial charge on any atom is 2.00 e. The molecule has 0 amide bonds. The van der Waals surface area contributed by atoms with Crippen molar-refractivity contribution >= 4 is 45.5 Å². The minimum atomic E-state index is -1.60. The van der Waals surface area contributed by atoms with E-state index in [0.717, 1.165) is 12.8 Å². The van der Waals surface area contributed by atoms with Crippen molar-refractivity contribution < 1.29 is 10.2 Å². The van der Waals surface area contributed by atoms with Crippen LogP contribution < -0.4 is 10.2 Å². The molecule has 0 spiro atoms. The Balaban J connectivity index is 0. The van der Waals surface area contributed by atoms with E-state index in [1.165, 1.54) is 19.3 Å². The third-order valence-electron chi connectivity index (χ3n) is 1.54. The molecule has 0 aliphatic carbocycles. The van der Waals surface area contributed by atoms with Gasteiger partial charge < -0.3 is 10.2 Å². The Hall–Kier alpha value is 1.40. The summed E-state index contributed by atoms with van der Waals surface area (Å²) in [6.07, 6.45) is 4.18. The molecule has 0 rings (SSSR count). The van der Waals surface area contributed by atoms with E-state index in [1.54, 1.807) is 0 Å². The molecule has 0 aromatic heterocycles. The van der Waals surface area contributed by atoms with Gasteiger partial charge in [-0.25, -0.2) is 6.29 Å². The van der Waals surface area contributed by atoms with Crippen molar-refractivity contribution in [3.05, 3.63) is 0 Å². The first kappa shape index (κ1) is 14.9. The Bertz CT molecular complexity index is 67.1. The van der Waals surface area contributed by atoms with E-state index >= 15 is 0 Å². The molecule has 0 heterocycles. The van der Waals surface area contributed by atoms with Gasteiger partial charge in [-0.15, -0.1) is 0 Å². The van der Waals surface area contributed by atoms with E-state index in [-0.39, 0.29) is 45.5 Å². The van der Waals surface area contributed by atoms with Gasteiger partial charge in [-0.05, 0) is 0 Å². The summed E-state index contributed by atoms with van der Waals surface area (Å²) in [5.41, 5.74) is 0. The fraction of sp³-hybridized carbons (Fsp3) is 1.00. The van der Waals surface area contributed by atoms with Crippen LogP contribution in [0.25, 0.3) is 0 Å². The number of hydrogen-bond donors (Lipinski definition) is 0. The standard InChI is InChI=1S/C8H16O2.Sr/c1-2-3-4-5-6-7-8(9)10;/h8H,2-7H2,1H3;/q-2;+2. The molecular formula is C8H16O2Sr. The summed E-state index contributed by atoms with van der Waals surface area (Å²) in [4.78, 5) is 0. The zero-order valence-corrected chi connectivity index (χ0v) is 10.8. The van der Waals surface area contributed by atoms with Crippen LogP contribution in [0.1, 0.15) is 45.4 Å². The fourth-order valence-corrected chi connectivity index (χ4v) is 0.915. The minimum Gasteiger partial charge on any atom is -0.865 e. The van der Waals surface area contributed by atoms with Gasteiger partial charge >= 0.3 is 45.5 Å². The van der Waals surface area contributed by atoms with Gasteiger partial charge in [-0.2, -0.15) is 0 Å². The molecule has 0 unspecified atom stereocenters. The molecule has 0 aromatic carbocycles. The van der Waals surface area contributed by atoms with E-state index < -0.39 is 6.29 Å². The fourth-order valence-electron chi connectivity index (χ4n) is 0.915. The largest absolute Gasteiger partial charge is 2.00 e. The molecular weight excluding hydrogens is 216 g/mol. The van der Waals surface area contributed by atoms with Crippen molar-refractivity contribution in [1.82, 2.24) is 0 Å². The normalized spacial score (nSPS) is 9.82. The number of unbranched alkanes of at least 4 members (excludes halogenated alkanes) is 4. The molecule has 0 fully saturated rings. The zero-order chi connectivity index (χ0) is 7.82. The second-order valence-corrected chi connectivity index (χ2v) is 2.63. The van der Waals surface area contributed by atoms with Crippen LogP contribution in [0.4, 0.5) is 0 Å². The van der Waals surface area contributed by atoms with Crippen LogP contribution >= 0.6 is 0 Å². The topological polar surface area (TPSA) is 46.1 Å². The Morgan fingerprint density at radius 1 is 1.00 bits per heavy atom. The smallest absolute Gasteiger partial charge is 0.865 e. The SMILES string of the molecule is CCCCCCCC([O-])[O-].[Sr+2]. The van der Waals surface area contributed by atoms with Crippen molar-refractivity contribution in [2.24, 2.45) is 0 Å². The molecule has 0 bridgehead atoms. The van der Waals surface area contributed by atoms with Crippen LogP contribution in [-0.4, -0.2) is 51.8 Å². The molecule has 62 valence electrons. The molecule has 0 radical (unpaired) electrons.